The maximum absolute atomic E-state index is 4.50. The molecule has 3 heterocycles. The van der Waals surface area contributed by atoms with E-state index in [2.05, 4.69) is 26.0 Å². The number of fused-ring (bicyclic) bond motifs is 1. The number of nitrogens with zero attached hydrogens (tertiary/aromatic N) is 4. The zero-order valence-corrected chi connectivity index (χ0v) is 10.1. The molecule has 17 heavy (non-hydrogen) atoms. The Morgan fingerprint density at radius 3 is 3.18 bits per heavy atom. The third-order valence-corrected chi connectivity index (χ3v) is 3.30. The number of imidazole rings is 1. The van der Waals surface area contributed by atoms with Crippen LogP contribution in [-0.2, 0) is 13.1 Å². The van der Waals surface area contributed by atoms with Crippen molar-refractivity contribution in [3.63, 3.8) is 0 Å². The Hall–Kier alpha value is -1.66. The summed E-state index contributed by atoms with van der Waals surface area (Å²) in [6.45, 7) is 2.58. The van der Waals surface area contributed by atoms with Crippen LogP contribution in [0.15, 0.2) is 36.2 Å². The van der Waals surface area contributed by atoms with Gasteiger partial charge in [0.15, 0.2) is 4.96 Å². The van der Waals surface area contributed by atoms with Gasteiger partial charge in [-0.25, -0.2) is 4.98 Å². The van der Waals surface area contributed by atoms with Crippen molar-refractivity contribution in [3.05, 3.63) is 41.9 Å². The molecule has 3 rings (SSSR count). The molecule has 0 atom stereocenters. The van der Waals surface area contributed by atoms with Crippen molar-refractivity contribution in [2.75, 3.05) is 6.54 Å². The molecule has 3 aromatic heterocycles. The van der Waals surface area contributed by atoms with Gasteiger partial charge in [0.05, 0.1) is 12.2 Å². The minimum atomic E-state index is 0.801. The van der Waals surface area contributed by atoms with E-state index in [-0.39, 0.29) is 0 Å². The zero-order valence-electron chi connectivity index (χ0n) is 9.28. The first-order valence-electron chi connectivity index (χ1n) is 5.51. The molecule has 0 aliphatic rings. The van der Waals surface area contributed by atoms with E-state index in [4.69, 9.17) is 0 Å². The number of rotatable bonds is 5. The van der Waals surface area contributed by atoms with Crippen LogP contribution in [0.1, 0.15) is 5.69 Å². The molecule has 0 unspecified atom stereocenters. The summed E-state index contributed by atoms with van der Waals surface area (Å²) in [5, 5.41) is 9.54. The summed E-state index contributed by atoms with van der Waals surface area (Å²) in [6.07, 6.45) is 7.85. The van der Waals surface area contributed by atoms with Gasteiger partial charge in [0.2, 0.25) is 0 Å². The average Bonchev–Trinajstić information content (AvgIpc) is 3.00. The molecule has 0 spiro atoms. The Balaban J connectivity index is 1.49. The highest BCUT2D eigenvalue weighted by molar-refractivity contribution is 7.15. The van der Waals surface area contributed by atoms with Crippen LogP contribution in [0.4, 0.5) is 0 Å². The van der Waals surface area contributed by atoms with Crippen LogP contribution in [0.5, 0.6) is 0 Å². The Bertz CT molecular complexity index is 551. The molecule has 0 bridgehead atoms. The molecule has 0 fully saturated rings. The van der Waals surface area contributed by atoms with Crippen LogP contribution in [0.25, 0.3) is 4.96 Å². The number of hydrogen-bond acceptors (Lipinski definition) is 4. The van der Waals surface area contributed by atoms with E-state index >= 15 is 0 Å². The van der Waals surface area contributed by atoms with Gasteiger partial charge >= 0.3 is 0 Å². The van der Waals surface area contributed by atoms with Crippen LogP contribution < -0.4 is 5.32 Å². The number of nitrogens with one attached hydrogen (secondary N) is 1. The van der Waals surface area contributed by atoms with Gasteiger partial charge in [-0.3, -0.25) is 9.08 Å². The van der Waals surface area contributed by atoms with E-state index in [9.17, 15) is 0 Å². The fourth-order valence-electron chi connectivity index (χ4n) is 1.70. The van der Waals surface area contributed by atoms with Gasteiger partial charge in [0.25, 0.3) is 0 Å². The van der Waals surface area contributed by atoms with Gasteiger partial charge in [0, 0.05) is 43.3 Å². The zero-order chi connectivity index (χ0) is 11.5. The minimum Gasteiger partial charge on any atom is -0.309 e. The Labute approximate surface area is 103 Å². The molecular weight excluding hydrogens is 234 g/mol. The highest BCUT2D eigenvalue weighted by Crippen LogP contribution is 2.10. The number of thiazole rings is 1. The van der Waals surface area contributed by atoms with Gasteiger partial charge in [0.1, 0.15) is 0 Å². The van der Waals surface area contributed by atoms with Crippen LogP contribution in [-0.4, -0.2) is 25.7 Å². The van der Waals surface area contributed by atoms with Gasteiger partial charge in [-0.2, -0.15) is 5.10 Å². The van der Waals surface area contributed by atoms with E-state index in [0.717, 1.165) is 30.3 Å². The van der Waals surface area contributed by atoms with E-state index in [1.165, 1.54) is 0 Å². The van der Waals surface area contributed by atoms with E-state index in [0.29, 0.717) is 0 Å². The molecule has 6 heteroatoms. The van der Waals surface area contributed by atoms with Crippen LogP contribution in [0.3, 0.4) is 0 Å². The van der Waals surface area contributed by atoms with Crippen LogP contribution >= 0.6 is 11.3 Å². The van der Waals surface area contributed by atoms with Crippen molar-refractivity contribution >= 4 is 16.3 Å². The van der Waals surface area contributed by atoms with Crippen LogP contribution in [0.2, 0.25) is 0 Å². The third kappa shape index (κ3) is 2.37. The van der Waals surface area contributed by atoms with E-state index < -0.39 is 0 Å². The highest BCUT2D eigenvalue weighted by Gasteiger charge is 2.01. The monoisotopic (exact) mass is 247 g/mol. The standard InChI is InChI=1S/C11H13N5S/c1-2-13-16(4-1)5-3-12-8-10-9-15-6-7-17-11(15)14-10/h1-2,4,6-7,9,12H,3,5,8H2. The maximum Gasteiger partial charge on any atom is 0.193 e. The fraction of sp³-hybridized carbons (Fsp3) is 0.273. The second-order valence-electron chi connectivity index (χ2n) is 3.77. The van der Waals surface area contributed by atoms with Gasteiger partial charge in [-0.15, -0.1) is 11.3 Å². The lowest BCUT2D eigenvalue weighted by atomic mass is 10.4. The molecule has 0 saturated heterocycles. The van der Waals surface area contributed by atoms with Crippen molar-refractivity contribution in [3.8, 4) is 0 Å². The van der Waals surface area contributed by atoms with Gasteiger partial charge in [-0.1, -0.05) is 0 Å². The van der Waals surface area contributed by atoms with Gasteiger partial charge in [-0.05, 0) is 6.07 Å². The predicted octanol–water partition coefficient (Wildman–Crippen LogP) is 1.38. The molecule has 5 nitrogen and oxygen atoms in total. The van der Waals surface area contributed by atoms with Crippen molar-refractivity contribution in [1.82, 2.24) is 24.5 Å². The van der Waals surface area contributed by atoms with Crippen molar-refractivity contribution < 1.29 is 0 Å². The maximum atomic E-state index is 4.50. The molecule has 88 valence electrons. The predicted molar refractivity (Wildman–Crippen MR) is 67.0 cm³/mol. The molecule has 0 aromatic carbocycles. The summed E-state index contributed by atoms with van der Waals surface area (Å²) < 4.78 is 3.97. The smallest absolute Gasteiger partial charge is 0.193 e. The lowest BCUT2D eigenvalue weighted by Gasteiger charge is -2.02. The Morgan fingerprint density at radius 1 is 1.35 bits per heavy atom. The summed E-state index contributed by atoms with van der Waals surface area (Å²) in [7, 11) is 0. The molecule has 0 radical (unpaired) electrons. The molecule has 3 aromatic rings. The molecule has 0 aliphatic carbocycles. The Kier molecular flexibility index (Phi) is 2.89. The van der Waals surface area contributed by atoms with Crippen LogP contribution in [0, 0.1) is 0 Å². The summed E-state index contributed by atoms with van der Waals surface area (Å²) >= 11 is 1.66. The first-order valence-corrected chi connectivity index (χ1v) is 6.39. The van der Waals surface area contributed by atoms with E-state index in [1.807, 2.05) is 28.5 Å². The molecule has 1 N–H and O–H groups in total. The SMILES string of the molecule is c1cnn(CCNCc2cn3ccsc3n2)c1. The van der Waals surface area contributed by atoms with Crippen molar-refractivity contribution in [1.29, 1.82) is 0 Å². The molecule has 0 aliphatic heterocycles. The van der Waals surface area contributed by atoms with Crippen molar-refractivity contribution in [2.45, 2.75) is 13.1 Å². The number of aromatic nitrogens is 4. The topological polar surface area (TPSA) is 47.2 Å². The first kappa shape index (κ1) is 10.5. The van der Waals surface area contributed by atoms with E-state index in [1.54, 1.807) is 17.5 Å². The first-order chi connectivity index (χ1) is 8.42. The van der Waals surface area contributed by atoms with Crippen molar-refractivity contribution in [2.24, 2.45) is 0 Å². The normalized spacial score (nSPS) is 11.3. The summed E-state index contributed by atoms with van der Waals surface area (Å²) in [5.74, 6) is 0. The fourth-order valence-corrected chi connectivity index (χ4v) is 2.42. The number of hydrogen-bond donors (Lipinski definition) is 1. The minimum absolute atomic E-state index is 0.801. The Morgan fingerprint density at radius 2 is 2.35 bits per heavy atom. The average molecular weight is 247 g/mol. The second-order valence-corrected chi connectivity index (χ2v) is 4.64. The lowest BCUT2D eigenvalue weighted by Crippen LogP contribution is -2.19. The largest absolute Gasteiger partial charge is 0.309 e. The molecular formula is C11H13N5S. The molecule has 0 amide bonds. The summed E-state index contributed by atoms with van der Waals surface area (Å²) in [5.41, 5.74) is 1.08. The molecule has 0 saturated carbocycles. The van der Waals surface area contributed by atoms with Gasteiger partial charge < -0.3 is 5.32 Å². The summed E-state index contributed by atoms with van der Waals surface area (Å²) in [4.78, 5) is 5.55. The quantitative estimate of drug-likeness (QED) is 0.693. The second kappa shape index (κ2) is 4.68. The highest BCUT2D eigenvalue weighted by atomic mass is 32.1. The lowest BCUT2D eigenvalue weighted by molar-refractivity contribution is 0.552. The third-order valence-electron chi connectivity index (χ3n) is 2.53. The summed E-state index contributed by atoms with van der Waals surface area (Å²) in [6, 6.07) is 1.93.